The van der Waals surface area contributed by atoms with Crippen LogP contribution in [0.5, 0.6) is 0 Å². The molecular formula is C15H16N2O2. The lowest BCUT2D eigenvalue weighted by Crippen LogP contribution is -2.35. The van der Waals surface area contributed by atoms with Crippen molar-refractivity contribution < 1.29 is 9.90 Å². The molecule has 2 heterocycles. The number of benzene rings is 1. The summed E-state index contributed by atoms with van der Waals surface area (Å²) in [6.07, 6.45) is 3.44. The number of hydrogen-bond acceptors (Lipinski definition) is 2. The van der Waals surface area contributed by atoms with Crippen LogP contribution in [0, 0.1) is 0 Å². The van der Waals surface area contributed by atoms with Gasteiger partial charge in [-0.3, -0.25) is 0 Å². The van der Waals surface area contributed by atoms with Gasteiger partial charge in [0.2, 0.25) is 0 Å². The number of rotatable bonds is 1. The Balaban J connectivity index is 2.04. The van der Waals surface area contributed by atoms with Crippen LogP contribution in [0.25, 0.3) is 10.9 Å². The summed E-state index contributed by atoms with van der Waals surface area (Å²) >= 11 is 0. The molecule has 0 bridgehead atoms. The zero-order chi connectivity index (χ0) is 13.0. The van der Waals surface area contributed by atoms with E-state index >= 15 is 0 Å². The third-order valence-corrected chi connectivity index (χ3v) is 4.44. The number of aryl methyl sites for hydroxylation is 1. The molecule has 4 heteroatoms. The van der Waals surface area contributed by atoms with Crippen LogP contribution in [0.1, 0.15) is 40.5 Å². The van der Waals surface area contributed by atoms with Crippen molar-refractivity contribution in [3.63, 3.8) is 0 Å². The molecule has 19 heavy (non-hydrogen) atoms. The Morgan fingerprint density at radius 2 is 2.32 bits per heavy atom. The van der Waals surface area contributed by atoms with Crippen LogP contribution >= 0.6 is 0 Å². The van der Waals surface area contributed by atoms with Crippen LogP contribution in [0.3, 0.4) is 0 Å². The Kier molecular flexibility index (Phi) is 2.23. The zero-order valence-corrected chi connectivity index (χ0v) is 10.6. The second kappa shape index (κ2) is 3.84. The molecule has 0 saturated carbocycles. The lowest BCUT2D eigenvalue weighted by atomic mass is 9.90. The van der Waals surface area contributed by atoms with Crippen LogP contribution < -0.4 is 5.32 Å². The molecule has 0 fully saturated rings. The standard InChI is InChI=1S/C15H16N2O2/c18-15(19)9-4-5-13-11(8-9)10-2-1-3-12-14(10)17(13)7-6-16-12/h4-5,8,12,16H,1-3,6-7H2,(H,18,19)/t12-/m1/s1. The highest BCUT2D eigenvalue weighted by atomic mass is 16.4. The van der Waals surface area contributed by atoms with Crippen molar-refractivity contribution >= 4 is 16.9 Å². The molecule has 4 nitrogen and oxygen atoms in total. The van der Waals surface area contributed by atoms with Gasteiger partial charge in [0.15, 0.2) is 0 Å². The topological polar surface area (TPSA) is 54.3 Å². The van der Waals surface area contributed by atoms with Gasteiger partial charge in [-0.05, 0) is 43.0 Å². The summed E-state index contributed by atoms with van der Waals surface area (Å²) in [6, 6.07) is 6.00. The van der Waals surface area contributed by atoms with Gasteiger partial charge in [0.1, 0.15) is 0 Å². The third-order valence-electron chi connectivity index (χ3n) is 4.44. The molecule has 2 N–H and O–H groups in total. The van der Waals surface area contributed by atoms with Crippen molar-refractivity contribution in [2.24, 2.45) is 0 Å². The predicted molar refractivity (Wildman–Crippen MR) is 72.6 cm³/mol. The summed E-state index contributed by atoms with van der Waals surface area (Å²) in [5.41, 5.74) is 4.35. The average molecular weight is 256 g/mol. The predicted octanol–water partition coefficient (Wildman–Crippen LogP) is 2.32. The molecule has 1 aromatic heterocycles. The molecule has 1 aliphatic carbocycles. The minimum absolute atomic E-state index is 0.391. The van der Waals surface area contributed by atoms with Crippen molar-refractivity contribution in [2.45, 2.75) is 31.8 Å². The molecular weight excluding hydrogens is 240 g/mol. The number of carboxylic acid groups (broad SMARTS) is 1. The number of nitrogens with one attached hydrogen (secondary N) is 1. The highest BCUT2D eigenvalue weighted by Gasteiger charge is 2.29. The first kappa shape index (κ1) is 11.1. The first-order valence-corrected chi connectivity index (χ1v) is 6.87. The lowest BCUT2D eigenvalue weighted by Gasteiger charge is -2.31. The number of aromatic carboxylic acids is 1. The van der Waals surface area contributed by atoms with Crippen LogP contribution in [0.2, 0.25) is 0 Å². The Hall–Kier alpha value is -1.81. The number of carbonyl (C=O) groups is 1. The van der Waals surface area contributed by atoms with Gasteiger partial charge in [-0.25, -0.2) is 4.79 Å². The lowest BCUT2D eigenvalue weighted by molar-refractivity contribution is 0.0697. The first-order valence-electron chi connectivity index (χ1n) is 6.87. The molecule has 1 aromatic carbocycles. The van der Waals surface area contributed by atoms with E-state index in [4.69, 9.17) is 5.11 Å². The van der Waals surface area contributed by atoms with Gasteiger partial charge in [-0.15, -0.1) is 0 Å². The van der Waals surface area contributed by atoms with E-state index in [0.29, 0.717) is 11.6 Å². The maximum absolute atomic E-state index is 11.1. The molecule has 98 valence electrons. The maximum atomic E-state index is 11.1. The van der Waals surface area contributed by atoms with Gasteiger partial charge in [0.05, 0.1) is 5.56 Å². The highest BCUT2D eigenvalue weighted by molar-refractivity contribution is 5.95. The second-order valence-corrected chi connectivity index (χ2v) is 5.45. The fourth-order valence-corrected chi connectivity index (χ4v) is 3.65. The number of aromatic nitrogens is 1. The van der Waals surface area contributed by atoms with E-state index in [1.54, 1.807) is 6.07 Å². The molecule has 2 aromatic rings. The molecule has 0 spiro atoms. The van der Waals surface area contributed by atoms with Crippen molar-refractivity contribution in [1.29, 1.82) is 0 Å². The third kappa shape index (κ3) is 1.46. The zero-order valence-electron chi connectivity index (χ0n) is 10.6. The fraction of sp³-hybridized carbons (Fsp3) is 0.400. The molecule has 0 radical (unpaired) electrons. The Bertz CT molecular complexity index is 685. The van der Waals surface area contributed by atoms with Gasteiger partial charge in [-0.1, -0.05) is 0 Å². The molecule has 1 aliphatic heterocycles. The van der Waals surface area contributed by atoms with Gasteiger partial charge < -0.3 is 15.0 Å². The van der Waals surface area contributed by atoms with Gasteiger partial charge in [0, 0.05) is 35.7 Å². The second-order valence-electron chi connectivity index (χ2n) is 5.45. The SMILES string of the molecule is O=C(O)c1ccc2c(c1)c1c3n2CCN[C@@H]3CCC1. The average Bonchev–Trinajstić information content (AvgIpc) is 2.76. The molecule has 0 saturated heterocycles. The van der Waals surface area contributed by atoms with Crippen molar-refractivity contribution in [1.82, 2.24) is 9.88 Å². The van der Waals surface area contributed by atoms with Gasteiger partial charge >= 0.3 is 5.97 Å². The van der Waals surface area contributed by atoms with E-state index in [-0.39, 0.29) is 0 Å². The largest absolute Gasteiger partial charge is 0.478 e. The fourth-order valence-electron chi connectivity index (χ4n) is 3.65. The van der Waals surface area contributed by atoms with Gasteiger partial charge in [-0.2, -0.15) is 0 Å². The highest BCUT2D eigenvalue weighted by Crippen LogP contribution is 2.39. The molecule has 4 rings (SSSR count). The summed E-state index contributed by atoms with van der Waals surface area (Å²) in [5, 5.41) is 13.9. The summed E-state index contributed by atoms with van der Waals surface area (Å²) in [4.78, 5) is 11.1. The Morgan fingerprint density at radius 3 is 3.16 bits per heavy atom. The maximum Gasteiger partial charge on any atom is 0.335 e. The number of fused-ring (bicyclic) bond motifs is 3. The summed E-state index contributed by atoms with van der Waals surface area (Å²) < 4.78 is 2.39. The van der Waals surface area contributed by atoms with Gasteiger partial charge in [0.25, 0.3) is 0 Å². The van der Waals surface area contributed by atoms with E-state index in [1.807, 2.05) is 12.1 Å². The van der Waals surface area contributed by atoms with E-state index in [0.717, 1.165) is 24.9 Å². The van der Waals surface area contributed by atoms with Crippen molar-refractivity contribution in [3.05, 3.63) is 35.0 Å². The minimum atomic E-state index is -0.844. The number of nitrogens with zero attached hydrogens (tertiary/aromatic N) is 1. The quantitative estimate of drug-likeness (QED) is 0.823. The van der Waals surface area contributed by atoms with E-state index in [1.165, 1.54) is 29.6 Å². The molecule has 0 unspecified atom stereocenters. The van der Waals surface area contributed by atoms with E-state index < -0.39 is 5.97 Å². The van der Waals surface area contributed by atoms with Crippen molar-refractivity contribution in [3.8, 4) is 0 Å². The number of carboxylic acids is 1. The van der Waals surface area contributed by atoms with Crippen LogP contribution in [-0.2, 0) is 13.0 Å². The Labute approximate surface area is 111 Å². The summed E-state index contributed by atoms with van der Waals surface area (Å²) in [6.45, 7) is 1.98. The number of hydrogen-bond donors (Lipinski definition) is 2. The summed E-state index contributed by atoms with van der Waals surface area (Å²) in [7, 11) is 0. The van der Waals surface area contributed by atoms with Crippen LogP contribution in [0.15, 0.2) is 18.2 Å². The smallest absolute Gasteiger partial charge is 0.335 e. The molecule has 0 amide bonds. The van der Waals surface area contributed by atoms with Crippen LogP contribution in [0.4, 0.5) is 0 Å². The van der Waals surface area contributed by atoms with E-state index in [2.05, 4.69) is 9.88 Å². The summed E-state index contributed by atoms with van der Waals surface area (Å²) in [5.74, 6) is -0.844. The molecule has 1 atom stereocenters. The van der Waals surface area contributed by atoms with E-state index in [9.17, 15) is 4.79 Å². The van der Waals surface area contributed by atoms with Crippen LogP contribution in [-0.4, -0.2) is 22.2 Å². The normalized spacial score (nSPS) is 21.4. The Morgan fingerprint density at radius 1 is 1.42 bits per heavy atom. The molecule has 2 aliphatic rings. The monoisotopic (exact) mass is 256 g/mol. The first-order chi connectivity index (χ1) is 9.25. The minimum Gasteiger partial charge on any atom is -0.478 e. The van der Waals surface area contributed by atoms with Crippen molar-refractivity contribution in [2.75, 3.05) is 6.54 Å².